The Kier molecular flexibility index (Phi) is 4.64. The normalized spacial score (nSPS) is 10.1. The van der Waals surface area contributed by atoms with Gasteiger partial charge in [-0.25, -0.2) is 9.67 Å². The third-order valence-corrected chi connectivity index (χ3v) is 3.03. The molecule has 0 radical (unpaired) electrons. The number of likely N-dealkylation sites (N-methyl/N-ethyl adjacent to an activating group) is 1. The van der Waals surface area contributed by atoms with E-state index in [1.165, 1.54) is 10.7 Å². The number of rotatable bonds is 5. The van der Waals surface area contributed by atoms with E-state index in [0.29, 0.717) is 25.3 Å². The first-order valence-corrected chi connectivity index (χ1v) is 6.47. The first kappa shape index (κ1) is 14.7. The van der Waals surface area contributed by atoms with Crippen LogP contribution in [0.25, 0.3) is 0 Å². The van der Waals surface area contributed by atoms with Gasteiger partial charge in [-0.1, -0.05) is 0 Å². The van der Waals surface area contributed by atoms with E-state index in [4.69, 9.17) is 11.0 Å². The molecule has 7 nitrogen and oxygen atoms in total. The maximum Gasteiger partial charge on any atom is 0.269 e. The van der Waals surface area contributed by atoms with Crippen LogP contribution in [0.4, 0.5) is 5.69 Å². The molecule has 0 spiro atoms. The van der Waals surface area contributed by atoms with Gasteiger partial charge in [-0.2, -0.15) is 10.4 Å². The molecule has 2 N–H and O–H groups in total. The third-order valence-electron chi connectivity index (χ3n) is 3.03. The van der Waals surface area contributed by atoms with Crippen LogP contribution < -0.4 is 16.2 Å². The summed E-state index contributed by atoms with van der Waals surface area (Å²) in [5, 5.41) is 13.0. The van der Waals surface area contributed by atoms with Gasteiger partial charge in [-0.05, 0) is 17.7 Å². The lowest BCUT2D eigenvalue weighted by Gasteiger charge is -2.17. The number of nitrogens with zero attached hydrogens (tertiary/aromatic N) is 5. The molecule has 0 aromatic carbocycles. The van der Waals surface area contributed by atoms with Gasteiger partial charge in [0.1, 0.15) is 11.8 Å². The average molecular weight is 284 g/mol. The molecule has 0 amide bonds. The zero-order valence-corrected chi connectivity index (χ0v) is 11.7. The molecule has 0 bridgehead atoms. The number of nitrogens with two attached hydrogens (primary N) is 1. The highest BCUT2D eigenvalue weighted by atomic mass is 16.1. The first-order chi connectivity index (χ1) is 10.1. The molecule has 0 saturated heterocycles. The summed E-state index contributed by atoms with van der Waals surface area (Å²) >= 11 is 0. The molecule has 2 heterocycles. The summed E-state index contributed by atoms with van der Waals surface area (Å²) in [4.78, 5) is 17.8. The van der Waals surface area contributed by atoms with Crippen molar-refractivity contribution in [3.63, 3.8) is 0 Å². The topological polar surface area (TPSA) is 101 Å². The van der Waals surface area contributed by atoms with Gasteiger partial charge in [0.2, 0.25) is 0 Å². The second-order valence-electron chi connectivity index (χ2n) is 4.58. The second kappa shape index (κ2) is 6.63. The van der Waals surface area contributed by atoms with Crippen molar-refractivity contribution < 1.29 is 0 Å². The summed E-state index contributed by atoms with van der Waals surface area (Å²) in [6.45, 7) is 1.46. The van der Waals surface area contributed by atoms with Crippen molar-refractivity contribution in [1.29, 1.82) is 5.26 Å². The van der Waals surface area contributed by atoms with Crippen LogP contribution in [-0.4, -0.2) is 34.9 Å². The van der Waals surface area contributed by atoms with Crippen molar-refractivity contribution in [2.75, 3.05) is 25.0 Å². The van der Waals surface area contributed by atoms with Gasteiger partial charge in [0.15, 0.2) is 0 Å². The molecule has 2 aromatic heterocycles. The van der Waals surface area contributed by atoms with Crippen molar-refractivity contribution in [3.05, 3.63) is 52.2 Å². The Morgan fingerprint density at radius 1 is 1.48 bits per heavy atom. The molecule has 0 aliphatic rings. The highest BCUT2D eigenvalue weighted by Crippen LogP contribution is 2.07. The molecule has 2 aromatic rings. The van der Waals surface area contributed by atoms with Crippen LogP contribution >= 0.6 is 0 Å². The zero-order valence-electron chi connectivity index (χ0n) is 11.7. The second-order valence-corrected chi connectivity index (χ2v) is 4.58. The van der Waals surface area contributed by atoms with E-state index in [9.17, 15) is 4.79 Å². The van der Waals surface area contributed by atoms with E-state index >= 15 is 0 Å². The quantitative estimate of drug-likeness (QED) is 0.826. The van der Waals surface area contributed by atoms with Crippen LogP contribution in [0.15, 0.2) is 35.4 Å². The molecule has 2 rings (SSSR count). The van der Waals surface area contributed by atoms with E-state index in [1.54, 1.807) is 24.5 Å². The number of aromatic nitrogens is 3. The van der Waals surface area contributed by atoms with Gasteiger partial charge in [0, 0.05) is 32.4 Å². The lowest BCUT2D eigenvalue weighted by atomic mass is 10.2. The molecule has 7 heteroatoms. The summed E-state index contributed by atoms with van der Waals surface area (Å²) in [5.74, 6) is 0. The Labute approximate surface area is 122 Å². The number of anilines is 1. The number of hydrogen-bond acceptors (Lipinski definition) is 6. The Bertz CT molecular complexity index is 718. The zero-order chi connectivity index (χ0) is 15.2. The van der Waals surface area contributed by atoms with Gasteiger partial charge in [-0.15, -0.1) is 0 Å². The van der Waals surface area contributed by atoms with Crippen LogP contribution in [0.5, 0.6) is 0 Å². The molecule has 0 aliphatic heterocycles. The first-order valence-electron chi connectivity index (χ1n) is 6.47. The predicted octanol–water partition coefficient (Wildman–Crippen LogP) is -0.0468. The van der Waals surface area contributed by atoms with E-state index in [-0.39, 0.29) is 5.56 Å². The minimum Gasteiger partial charge on any atom is -0.372 e. The third kappa shape index (κ3) is 3.64. The fourth-order valence-corrected chi connectivity index (χ4v) is 1.88. The monoisotopic (exact) mass is 284 g/mol. The molecule has 0 saturated carbocycles. The summed E-state index contributed by atoms with van der Waals surface area (Å²) in [7, 11) is 1.86. The SMILES string of the molecule is CN(CCN)c1cnn(Cc2ccnc(C#N)c2)c(=O)c1. The van der Waals surface area contributed by atoms with Crippen molar-refractivity contribution >= 4 is 5.69 Å². The number of pyridine rings is 1. The fourth-order valence-electron chi connectivity index (χ4n) is 1.88. The molecule has 21 heavy (non-hydrogen) atoms. The maximum absolute atomic E-state index is 12.1. The van der Waals surface area contributed by atoms with Crippen molar-refractivity contribution in [2.45, 2.75) is 6.54 Å². The molecule has 0 fully saturated rings. The lowest BCUT2D eigenvalue weighted by molar-refractivity contribution is 0.636. The minimum absolute atomic E-state index is 0.202. The Morgan fingerprint density at radius 3 is 2.95 bits per heavy atom. The van der Waals surface area contributed by atoms with Crippen LogP contribution in [0.1, 0.15) is 11.3 Å². The van der Waals surface area contributed by atoms with Gasteiger partial charge in [-0.3, -0.25) is 4.79 Å². The van der Waals surface area contributed by atoms with E-state index in [0.717, 1.165) is 11.3 Å². The van der Waals surface area contributed by atoms with Crippen LogP contribution in [0.3, 0.4) is 0 Å². The summed E-state index contributed by atoms with van der Waals surface area (Å²) < 4.78 is 1.34. The molecule has 108 valence electrons. The maximum atomic E-state index is 12.1. The Balaban J connectivity index is 2.21. The van der Waals surface area contributed by atoms with Crippen molar-refractivity contribution in [1.82, 2.24) is 14.8 Å². The van der Waals surface area contributed by atoms with Gasteiger partial charge < -0.3 is 10.6 Å². The van der Waals surface area contributed by atoms with Gasteiger partial charge >= 0.3 is 0 Å². The standard InChI is InChI=1S/C14H16N6O/c1-19(5-3-15)13-7-14(21)20(18-9-13)10-11-2-4-17-12(6-11)8-16/h2,4,6-7,9H,3,5,10,15H2,1H3. The van der Waals surface area contributed by atoms with Crippen LogP contribution in [0, 0.1) is 11.3 Å². The molecule has 0 aliphatic carbocycles. The summed E-state index contributed by atoms with van der Waals surface area (Å²) in [6.07, 6.45) is 3.17. The summed E-state index contributed by atoms with van der Waals surface area (Å²) in [5.41, 5.74) is 7.14. The van der Waals surface area contributed by atoms with Crippen molar-refractivity contribution in [3.8, 4) is 6.07 Å². The van der Waals surface area contributed by atoms with E-state index < -0.39 is 0 Å². The predicted molar refractivity (Wildman–Crippen MR) is 78.9 cm³/mol. The van der Waals surface area contributed by atoms with Gasteiger partial charge in [0.25, 0.3) is 5.56 Å². The number of hydrogen-bond donors (Lipinski definition) is 1. The highest BCUT2D eigenvalue weighted by Gasteiger charge is 2.05. The summed E-state index contributed by atoms with van der Waals surface area (Å²) in [6, 6.07) is 6.89. The molecule has 0 atom stereocenters. The van der Waals surface area contributed by atoms with Gasteiger partial charge in [0.05, 0.1) is 18.4 Å². The Morgan fingerprint density at radius 2 is 2.29 bits per heavy atom. The molecular weight excluding hydrogens is 268 g/mol. The van der Waals surface area contributed by atoms with Crippen molar-refractivity contribution in [2.24, 2.45) is 5.73 Å². The number of nitriles is 1. The molecular formula is C14H16N6O. The fraction of sp³-hybridized carbons (Fsp3) is 0.286. The van der Waals surface area contributed by atoms with E-state index in [2.05, 4.69) is 10.1 Å². The largest absolute Gasteiger partial charge is 0.372 e. The molecule has 0 unspecified atom stereocenters. The average Bonchev–Trinajstić information content (AvgIpc) is 2.49. The minimum atomic E-state index is -0.202. The van der Waals surface area contributed by atoms with E-state index in [1.807, 2.05) is 18.0 Å². The Hall–Kier alpha value is -2.72. The van der Waals surface area contributed by atoms with Crippen LogP contribution in [0.2, 0.25) is 0 Å². The highest BCUT2D eigenvalue weighted by molar-refractivity contribution is 5.41. The smallest absolute Gasteiger partial charge is 0.269 e. The lowest BCUT2D eigenvalue weighted by Crippen LogP contribution is -2.29. The van der Waals surface area contributed by atoms with Crippen LogP contribution in [-0.2, 0) is 6.54 Å².